The molecule has 4 rings (SSSR count). The largest absolute Gasteiger partial charge is 0.507 e. The van der Waals surface area contributed by atoms with E-state index in [-0.39, 0.29) is 24.4 Å². The zero-order chi connectivity index (χ0) is 24.3. The van der Waals surface area contributed by atoms with Gasteiger partial charge in [0.05, 0.1) is 17.1 Å². The molecule has 2 aromatic carbocycles. The normalized spacial score (nSPS) is 22.1. The summed E-state index contributed by atoms with van der Waals surface area (Å²) in [5.74, 6) is 0.799. The van der Waals surface area contributed by atoms with E-state index < -0.39 is 28.3 Å². The summed E-state index contributed by atoms with van der Waals surface area (Å²) in [5, 5.41) is 19.7. The standard InChI is InChI=1S/C25H28BBrO6S/c1-2-17(12-18-13-20(27)9-10-22(18)28)8-11-23-25-19(15-32-21-6-4-3-5-7-21)16-34(30,31)24(25)14-26(29)33-23/h3-7,9-10,12-13,23-24,28-29H,2,8,11,14-16H2,1H3/b17-12+/t23-,24+/m1/s1. The van der Waals surface area contributed by atoms with Gasteiger partial charge >= 0.3 is 7.12 Å². The molecule has 2 heterocycles. The number of phenols is 1. The Bertz CT molecular complexity index is 1200. The number of halogens is 1. The Morgan fingerprint density at radius 3 is 2.76 bits per heavy atom. The molecule has 2 aromatic rings. The lowest BCUT2D eigenvalue weighted by atomic mass is 9.74. The quantitative estimate of drug-likeness (QED) is 0.365. The number of ether oxygens (including phenoxy) is 1. The highest BCUT2D eigenvalue weighted by molar-refractivity contribution is 9.10. The lowest BCUT2D eigenvalue weighted by Gasteiger charge is -2.32. The van der Waals surface area contributed by atoms with E-state index in [1.807, 2.05) is 49.4 Å². The van der Waals surface area contributed by atoms with Gasteiger partial charge in [-0.1, -0.05) is 52.7 Å². The summed E-state index contributed by atoms with van der Waals surface area (Å²) in [4.78, 5) is 0. The summed E-state index contributed by atoms with van der Waals surface area (Å²) in [6, 6.07) is 14.6. The van der Waals surface area contributed by atoms with Crippen molar-refractivity contribution in [1.29, 1.82) is 0 Å². The molecule has 1 fully saturated rings. The van der Waals surface area contributed by atoms with Crippen LogP contribution in [0.15, 0.2) is 69.7 Å². The van der Waals surface area contributed by atoms with Crippen molar-refractivity contribution in [2.24, 2.45) is 0 Å². The van der Waals surface area contributed by atoms with E-state index in [9.17, 15) is 18.5 Å². The van der Waals surface area contributed by atoms with Gasteiger partial charge in [-0.15, -0.1) is 0 Å². The third-order valence-corrected chi connectivity index (χ3v) is 8.89. The third-order valence-electron chi connectivity index (χ3n) is 6.34. The van der Waals surface area contributed by atoms with Gasteiger partial charge < -0.3 is 19.5 Å². The molecule has 2 aliphatic heterocycles. The fraction of sp³-hybridized carbons (Fsp3) is 0.360. The van der Waals surface area contributed by atoms with E-state index in [2.05, 4.69) is 15.9 Å². The molecule has 0 amide bonds. The minimum absolute atomic E-state index is 0.0470. The fourth-order valence-electron chi connectivity index (χ4n) is 4.62. The van der Waals surface area contributed by atoms with Crippen LogP contribution in [0.3, 0.4) is 0 Å². The van der Waals surface area contributed by atoms with E-state index in [0.29, 0.717) is 24.2 Å². The molecule has 0 spiro atoms. The molecule has 2 aliphatic rings. The minimum Gasteiger partial charge on any atom is -0.507 e. The molecule has 6 nitrogen and oxygen atoms in total. The molecule has 0 bridgehead atoms. The van der Waals surface area contributed by atoms with Gasteiger partial charge in [0.15, 0.2) is 9.84 Å². The predicted molar refractivity (Wildman–Crippen MR) is 137 cm³/mol. The highest BCUT2D eigenvalue weighted by Crippen LogP contribution is 2.40. The maximum Gasteiger partial charge on any atom is 0.456 e. The Hall–Kier alpha value is -2.07. The molecule has 0 radical (unpaired) electrons. The van der Waals surface area contributed by atoms with Crippen LogP contribution in [0.2, 0.25) is 6.32 Å². The second-order valence-corrected chi connectivity index (χ2v) is 11.8. The van der Waals surface area contributed by atoms with Crippen molar-refractivity contribution in [1.82, 2.24) is 0 Å². The topological polar surface area (TPSA) is 93.1 Å². The number of phenolic OH excluding ortho intramolecular Hbond substituents is 1. The van der Waals surface area contributed by atoms with E-state index in [1.54, 1.807) is 12.1 Å². The Kier molecular flexibility index (Phi) is 7.87. The average Bonchev–Trinajstić information content (AvgIpc) is 3.07. The summed E-state index contributed by atoms with van der Waals surface area (Å²) >= 11 is 3.43. The maximum atomic E-state index is 12.9. The van der Waals surface area contributed by atoms with Crippen LogP contribution in [0.25, 0.3) is 6.08 Å². The molecule has 0 unspecified atom stereocenters. The fourth-order valence-corrected chi connectivity index (χ4v) is 7.10. The Balaban J connectivity index is 1.56. The minimum atomic E-state index is -3.42. The van der Waals surface area contributed by atoms with Gasteiger partial charge in [-0.25, -0.2) is 8.42 Å². The second-order valence-electron chi connectivity index (χ2n) is 8.67. The lowest BCUT2D eigenvalue weighted by molar-refractivity contribution is 0.168. The van der Waals surface area contributed by atoms with E-state index in [1.165, 1.54) is 0 Å². The van der Waals surface area contributed by atoms with Crippen LogP contribution in [-0.4, -0.2) is 49.4 Å². The molecule has 0 aromatic heterocycles. The van der Waals surface area contributed by atoms with Crippen molar-refractivity contribution in [2.45, 2.75) is 43.9 Å². The molecule has 34 heavy (non-hydrogen) atoms. The number of allylic oxidation sites excluding steroid dienone is 1. The van der Waals surface area contributed by atoms with Crippen molar-refractivity contribution in [3.63, 3.8) is 0 Å². The maximum absolute atomic E-state index is 12.9. The summed E-state index contributed by atoms with van der Waals surface area (Å²) in [7, 11) is -4.54. The number of sulfone groups is 1. The summed E-state index contributed by atoms with van der Waals surface area (Å²) in [6.45, 7) is 2.21. The van der Waals surface area contributed by atoms with E-state index >= 15 is 0 Å². The predicted octanol–water partition coefficient (Wildman–Crippen LogP) is 4.78. The molecule has 2 N–H and O–H groups in total. The molecule has 0 saturated carbocycles. The van der Waals surface area contributed by atoms with E-state index in [4.69, 9.17) is 9.39 Å². The highest BCUT2D eigenvalue weighted by Gasteiger charge is 2.48. The molecule has 180 valence electrons. The van der Waals surface area contributed by atoms with Gasteiger partial charge in [0.25, 0.3) is 0 Å². The van der Waals surface area contributed by atoms with Crippen molar-refractivity contribution in [3.8, 4) is 11.5 Å². The highest BCUT2D eigenvalue weighted by atomic mass is 79.9. The molecule has 9 heteroatoms. The van der Waals surface area contributed by atoms with Gasteiger partial charge in [-0.2, -0.15) is 0 Å². The number of benzene rings is 2. The summed E-state index contributed by atoms with van der Waals surface area (Å²) in [6.07, 6.45) is 3.43. The van der Waals surface area contributed by atoms with Crippen molar-refractivity contribution >= 4 is 39.0 Å². The number of fused-ring (bicyclic) bond motifs is 1. The first-order valence-corrected chi connectivity index (χ1v) is 13.9. The summed E-state index contributed by atoms with van der Waals surface area (Å²) in [5.41, 5.74) is 3.27. The number of aromatic hydroxyl groups is 1. The Morgan fingerprint density at radius 2 is 2.03 bits per heavy atom. The van der Waals surface area contributed by atoms with Crippen LogP contribution in [-0.2, 0) is 14.5 Å². The van der Waals surface area contributed by atoms with Gasteiger partial charge in [0.1, 0.15) is 18.1 Å². The van der Waals surface area contributed by atoms with Gasteiger partial charge in [0.2, 0.25) is 0 Å². The molecule has 1 saturated heterocycles. The van der Waals surface area contributed by atoms with Crippen molar-refractivity contribution in [2.75, 3.05) is 12.4 Å². The van der Waals surface area contributed by atoms with Gasteiger partial charge in [0, 0.05) is 16.4 Å². The number of para-hydroxylation sites is 1. The van der Waals surface area contributed by atoms with Crippen molar-refractivity contribution in [3.05, 3.63) is 75.3 Å². The van der Waals surface area contributed by atoms with Gasteiger partial charge in [-0.3, -0.25) is 0 Å². The molecular formula is C25H28BBrO6S. The van der Waals surface area contributed by atoms with Crippen LogP contribution in [0.1, 0.15) is 31.7 Å². The molecule has 2 atom stereocenters. The lowest BCUT2D eigenvalue weighted by Crippen LogP contribution is -2.42. The van der Waals surface area contributed by atoms with Crippen LogP contribution in [0, 0.1) is 0 Å². The number of hydrogen-bond acceptors (Lipinski definition) is 6. The zero-order valence-electron chi connectivity index (χ0n) is 19.0. The number of hydrogen-bond donors (Lipinski definition) is 2. The second kappa shape index (κ2) is 10.7. The first-order valence-electron chi connectivity index (χ1n) is 11.4. The monoisotopic (exact) mass is 546 g/mol. The molecule has 0 aliphatic carbocycles. The summed E-state index contributed by atoms with van der Waals surface area (Å²) < 4.78 is 38.4. The van der Waals surface area contributed by atoms with E-state index in [0.717, 1.165) is 27.6 Å². The smallest absolute Gasteiger partial charge is 0.456 e. The van der Waals surface area contributed by atoms with Crippen LogP contribution >= 0.6 is 15.9 Å². The first-order chi connectivity index (χ1) is 16.3. The van der Waals surface area contributed by atoms with Crippen LogP contribution in [0.4, 0.5) is 0 Å². The Labute approximate surface area is 209 Å². The third kappa shape index (κ3) is 5.76. The van der Waals surface area contributed by atoms with Crippen LogP contribution in [0.5, 0.6) is 11.5 Å². The average molecular weight is 547 g/mol. The van der Waals surface area contributed by atoms with Crippen molar-refractivity contribution < 1.29 is 27.9 Å². The van der Waals surface area contributed by atoms with Crippen LogP contribution < -0.4 is 4.74 Å². The number of rotatable bonds is 8. The zero-order valence-corrected chi connectivity index (χ0v) is 21.4. The van der Waals surface area contributed by atoms with Gasteiger partial charge in [-0.05, 0) is 60.7 Å². The molecular weight excluding hydrogens is 519 g/mol. The first kappa shape index (κ1) is 25.0. The Morgan fingerprint density at radius 1 is 1.26 bits per heavy atom. The SMILES string of the molecule is CC/C(=C\c1cc(Br)ccc1O)CC[C@H]1OB(O)C[C@H]2C1=C(COc1ccccc1)CS2(=O)=O.